The van der Waals surface area contributed by atoms with Gasteiger partial charge in [0, 0.05) is 6.04 Å². The molecule has 1 saturated carbocycles. The first-order valence-electron chi connectivity index (χ1n) is 10.6. The van der Waals surface area contributed by atoms with E-state index in [1.807, 2.05) is 25.1 Å². The topological polar surface area (TPSA) is 46.2 Å². The highest BCUT2D eigenvalue weighted by Gasteiger charge is 2.31. The average molecular weight is 392 g/mol. The van der Waals surface area contributed by atoms with Crippen molar-refractivity contribution in [1.82, 2.24) is 4.72 Å². The van der Waals surface area contributed by atoms with E-state index in [9.17, 15) is 8.42 Å². The van der Waals surface area contributed by atoms with Gasteiger partial charge in [0.15, 0.2) is 0 Å². The van der Waals surface area contributed by atoms with Crippen molar-refractivity contribution in [3.05, 3.63) is 42.5 Å². The lowest BCUT2D eigenvalue weighted by atomic mass is 9.78. The second kappa shape index (κ2) is 11.0. The quantitative estimate of drug-likeness (QED) is 0.372. The van der Waals surface area contributed by atoms with Gasteiger partial charge in [0.25, 0.3) is 0 Å². The molecule has 1 aliphatic carbocycles. The standard InChI is InChI=1S/C23H37NO2S/c1-4-5-6-7-9-12-20(3)23(21-13-10-8-11-14-21)24-27(25,26)22-17-15-19(2)16-18-22/h4,15-18,20-21,23-24H,1,5-14H2,2-3H3. The number of hydrogen-bond acceptors (Lipinski definition) is 2. The van der Waals surface area contributed by atoms with Crippen LogP contribution in [0.5, 0.6) is 0 Å². The van der Waals surface area contributed by atoms with Crippen LogP contribution in [-0.2, 0) is 10.0 Å². The lowest BCUT2D eigenvalue weighted by molar-refractivity contribution is 0.227. The fraction of sp³-hybridized carbons (Fsp3) is 0.652. The van der Waals surface area contributed by atoms with Crippen molar-refractivity contribution in [2.24, 2.45) is 11.8 Å². The Balaban J connectivity index is 2.06. The second-order valence-electron chi connectivity index (χ2n) is 8.26. The van der Waals surface area contributed by atoms with E-state index in [0.29, 0.717) is 16.7 Å². The molecule has 0 spiro atoms. The van der Waals surface area contributed by atoms with Crippen molar-refractivity contribution < 1.29 is 8.42 Å². The van der Waals surface area contributed by atoms with Crippen molar-refractivity contribution in [3.63, 3.8) is 0 Å². The molecule has 1 aromatic carbocycles. The zero-order chi connectivity index (χ0) is 19.7. The van der Waals surface area contributed by atoms with Crippen LogP contribution >= 0.6 is 0 Å². The van der Waals surface area contributed by atoms with Crippen LogP contribution in [-0.4, -0.2) is 14.5 Å². The maximum atomic E-state index is 13.0. The summed E-state index contributed by atoms with van der Waals surface area (Å²) in [5.41, 5.74) is 1.07. The van der Waals surface area contributed by atoms with Crippen LogP contribution in [0.15, 0.2) is 41.8 Å². The highest BCUT2D eigenvalue weighted by Crippen LogP contribution is 2.32. The Kier molecular flexibility index (Phi) is 9.04. The molecule has 1 N–H and O–H groups in total. The van der Waals surface area contributed by atoms with E-state index in [1.54, 1.807) is 12.1 Å². The minimum Gasteiger partial charge on any atom is -0.208 e. The molecule has 152 valence electrons. The van der Waals surface area contributed by atoms with E-state index in [2.05, 4.69) is 18.2 Å². The Hall–Kier alpha value is -1.13. The van der Waals surface area contributed by atoms with Crippen LogP contribution < -0.4 is 4.72 Å². The van der Waals surface area contributed by atoms with Gasteiger partial charge in [0.1, 0.15) is 0 Å². The van der Waals surface area contributed by atoms with Crippen molar-refractivity contribution in [1.29, 1.82) is 0 Å². The number of nitrogens with one attached hydrogen (secondary N) is 1. The van der Waals surface area contributed by atoms with Crippen LogP contribution in [0.25, 0.3) is 0 Å². The van der Waals surface area contributed by atoms with Gasteiger partial charge < -0.3 is 0 Å². The molecule has 3 nitrogen and oxygen atoms in total. The predicted molar refractivity (Wildman–Crippen MR) is 114 cm³/mol. The molecule has 0 heterocycles. The minimum absolute atomic E-state index is 0.0380. The highest BCUT2D eigenvalue weighted by atomic mass is 32.2. The Morgan fingerprint density at radius 2 is 1.78 bits per heavy atom. The van der Waals surface area contributed by atoms with Crippen molar-refractivity contribution in [3.8, 4) is 0 Å². The predicted octanol–water partition coefficient (Wildman–Crippen LogP) is 5.99. The van der Waals surface area contributed by atoms with E-state index in [1.165, 1.54) is 32.1 Å². The fourth-order valence-corrected chi connectivity index (χ4v) is 5.66. The summed E-state index contributed by atoms with van der Waals surface area (Å²) in [7, 11) is -3.47. The van der Waals surface area contributed by atoms with Gasteiger partial charge in [-0.25, -0.2) is 13.1 Å². The van der Waals surface area contributed by atoms with E-state index in [0.717, 1.165) is 37.7 Å². The molecule has 0 aromatic heterocycles. The largest absolute Gasteiger partial charge is 0.240 e. The minimum atomic E-state index is -3.47. The van der Waals surface area contributed by atoms with Crippen molar-refractivity contribution in [2.45, 2.75) is 89.0 Å². The normalized spacial score (nSPS) is 18.1. The van der Waals surface area contributed by atoms with Crippen LogP contribution in [0.4, 0.5) is 0 Å². The molecule has 0 saturated heterocycles. The van der Waals surface area contributed by atoms with Crippen molar-refractivity contribution >= 4 is 10.0 Å². The highest BCUT2D eigenvalue weighted by molar-refractivity contribution is 7.89. The Labute approximate surface area is 166 Å². The van der Waals surface area contributed by atoms with Gasteiger partial charge in [-0.3, -0.25) is 0 Å². The molecule has 0 amide bonds. The van der Waals surface area contributed by atoms with E-state index >= 15 is 0 Å². The molecule has 2 unspecified atom stereocenters. The van der Waals surface area contributed by atoms with Crippen molar-refractivity contribution in [2.75, 3.05) is 0 Å². The molecule has 1 aliphatic rings. The maximum absolute atomic E-state index is 13.0. The monoisotopic (exact) mass is 391 g/mol. The second-order valence-corrected chi connectivity index (χ2v) is 9.98. The van der Waals surface area contributed by atoms with Crippen LogP contribution in [0, 0.1) is 18.8 Å². The Morgan fingerprint density at radius 1 is 1.11 bits per heavy atom. The number of benzene rings is 1. The molecule has 0 radical (unpaired) electrons. The summed E-state index contributed by atoms with van der Waals surface area (Å²) in [6.45, 7) is 7.98. The summed E-state index contributed by atoms with van der Waals surface area (Å²) >= 11 is 0. The maximum Gasteiger partial charge on any atom is 0.240 e. The fourth-order valence-electron chi connectivity index (χ4n) is 4.25. The first kappa shape index (κ1) is 22.2. The lowest BCUT2D eigenvalue weighted by Gasteiger charge is -2.35. The third-order valence-corrected chi connectivity index (χ3v) is 7.44. The van der Waals surface area contributed by atoms with Gasteiger partial charge in [-0.2, -0.15) is 0 Å². The van der Waals surface area contributed by atoms with Gasteiger partial charge in [0.2, 0.25) is 10.0 Å². The molecule has 2 atom stereocenters. The van der Waals surface area contributed by atoms with Crippen LogP contribution in [0.1, 0.15) is 76.7 Å². The summed E-state index contributed by atoms with van der Waals surface area (Å²) < 4.78 is 29.1. The van der Waals surface area contributed by atoms with E-state index in [4.69, 9.17) is 0 Å². The third kappa shape index (κ3) is 7.08. The molecule has 4 heteroatoms. The zero-order valence-corrected chi connectivity index (χ0v) is 17.9. The summed E-state index contributed by atoms with van der Waals surface area (Å²) in [6, 6.07) is 7.21. The van der Waals surface area contributed by atoms with Crippen LogP contribution in [0.3, 0.4) is 0 Å². The zero-order valence-electron chi connectivity index (χ0n) is 17.1. The first-order chi connectivity index (χ1) is 12.9. The first-order valence-corrected chi connectivity index (χ1v) is 12.1. The van der Waals surface area contributed by atoms with Gasteiger partial charge in [0.05, 0.1) is 4.90 Å². The summed E-state index contributed by atoms with van der Waals surface area (Å²) in [5, 5.41) is 0. The molecular formula is C23H37NO2S. The van der Waals surface area contributed by atoms with Gasteiger partial charge in [-0.05, 0) is 63.0 Å². The molecular weight excluding hydrogens is 354 g/mol. The average Bonchev–Trinajstić information content (AvgIpc) is 2.67. The van der Waals surface area contributed by atoms with Gasteiger partial charge in [-0.1, -0.05) is 62.8 Å². The SMILES string of the molecule is C=CCCCCCC(C)C(NS(=O)(=O)c1ccc(C)cc1)C1CCCCC1. The summed E-state index contributed by atoms with van der Waals surface area (Å²) in [6.07, 6.45) is 13.7. The van der Waals surface area contributed by atoms with Gasteiger partial charge in [-0.15, -0.1) is 6.58 Å². The van der Waals surface area contributed by atoms with Gasteiger partial charge >= 0.3 is 0 Å². The molecule has 27 heavy (non-hydrogen) atoms. The van der Waals surface area contributed by atoms with Crippen LogP contribution in [0.2, 0.25) is 0 Å². The number of unbranched alkanes of at least 4 members (excludes halogenated alkanes) is 3. The number of hydrogen-bond donors (Lipinski definition) is 1. The molecule has 2 rings (SSSR count). The third-order valence-electron chi connectivity index (χ3n) is 5.96. The number of allylic oxidation sites excluding steroid dienone is 1. The number of rotatable bonds is 11. The van der Waals surface area contributed by atoms with E-state index in [-0.39, 0.29) is 6.04 Å². The Bertz CT molecular complexity index is 660. The summed E-state index contributed by atoms with van der Waals surface area (Å²) in [5.74, 6) is 0.819. The van der Waals surface area contributed by atoms with E-state index < -0.39 is 10.0 Å². The molecule has 1 fully saturated rings. The molecule has 1 aromatic rings. The molecule has 0 bridgehead atoms. The summed E-state index contributed by atoms with van der Waals surface area (Å²) in [4.78, 5) is 0.382. The number of sulfonamides is 1. The molecule has 0 aliphatic heterocycles. The lowest BCUT2D eigenvalue weighted by Crippen LogP contribution is -2.45. The Morgan fingerprint density at radius 3 is 2.41 bits per heavy atom. The smallest absolute Gasteiger partial charge is 0.208 e. The number of aryl methyl sites for hydroxylation is 1.